The number of fused-ring (bicyclic) bond motifs is 1. The maximum atomic E-state index is 14.2. The van der Waals surface area contributed by atoms with Crippen molar-refractivity contribution in [2.24, 2.45) is 7.05 Å². The van der Waals surface area contributed by atoms with Gasteiger partial charge in [0.15, 0.2) is 17.2 Å². The SMILES string of the molecule is Cn1cc(N2CCN(C(=O)c3cc4nc(-c5ccc(Cl)c(F)c5)cc(C(C)(C)C)c4o3)C(C)(C)C2=O)nn1. The molecule has 1 aliphatic rings. The number of aromatic nitrogens is 4. The van der Waals surface area contributed by atoms with Crippen LogP contribution in [-0.4, -0.2) is 55.3 Å². The van der Waals surface area contributed by atoms with Gasteiger partial charge in [0.25, 0.3) is 11.8 Å². The van der Waals surface area contributed by atoms with Gasteiger partial charge in [-0.1, -0.05) is 43.7 Å². The average molecular weight is 539 g/mol. The van der Waals surface area contributed by atoms with E-state index in [1.54, 1.807) is 39.2 Å². The molecule has 1 aromatic carbocycles. The third-order valence-corrected chi connectivity index (χ3v) is 7.12. The van der Waals surface area contributed by atoms with E-state index < -0.39 is 17.3 Å². The number of hydrogen-bond acceptors (Lipinski definition) is 6. The number of amides is 2. The van der Waals surface area contributed by atoms with Crippen LogP contribution in [0.4, 0.5) is 10.2 Å². The number of halogens is 2. The Balaban J connectivity index is 1.53. The molecule has 198 valence electrons. The van der Waals surface area contributed by atoms with E-state index in [1.807, 2.05) is 26.8 Å². The van der Waals surface area contributed by atoms with E-state index in [1.165, 1.54) is 26.6 Å². The summed E-state index contributed by atoms with van der Waals surface area (Å²) in [6.45, 7) is 10.0. The number of aryl methyl sites for hydroxylation is 1. The first kappa shape index (κ1) is 25.8. The van der Waals surface area contributed by atoms with Gasteiger partial charge >= 0.3 is 0 Å². The summed E-state index contributed by atoms with van der Waals surface area (Å²) in [5.41, 5.74) is 1.32. The number of anilines is 1. The molecule has 1 aliphatic heterocycles. The van der Waals surface area contributed by atoms with Crippen molar-refractivity contribution in [2.45, 2.75) is 45.6 Å². The van der Waals surface area contributed by atoms with Crippen molar-refractivity contribution >= 4 is 40.3 Å². The lowest BCUT2D eigenvalue weighted by Gasteiger charge is -2.44. The Morgan fingerprint density at radius 3 is 2.53 bits per heavy atom. The van der Waals surface area contributed by atoms with Gasteiger partial charge in [0, 0.05) is 37.3 Å². The molecule has 0 unspecified atom stereocenters. The molecule has 4 aromatic rings. The number of pyridine rings is 1. The van der Waals surface area contributed by atoms with E-state index in [2.05, 4.69) is 15.3 Å². The van der Waals surface area contributed by atoms with E-state index in [0.717, 1.165) is 5.56 Å². The lowest BCUT2D eigenvalue weighted by atomic mass is 9.86. The molecule has 5 rings (SSSR count). The van der Waals surface area contributed by atoms with Crippen LogP contribution in [0.2, 0.25) is 5.02 Å². The van der Waals surface area contributed by atoms with Crippen molar-refractivity contribution in [3.05, 3.63) is 58.7 Å². The molecule has 0 spiro atoms. The first-order valence-electron chi connectivity index (χ1n) is 12.2. The van der Waals surface area contributed by atoms with Crippen molar-refractivity contribution in [1.29, 1.82) is 0 Å². The maximum absolute atomic E-state index is 14.2. The van der Waals surface area contributed by atoms with Gasteiger partial charge in [0.2, 0.25) is 0 Å². The molecule has 0 saturated carbocycles. The molecule has 0 radical (unpaired) electrons. The predicted octanol–water partition coefficient (Wildman–Crippen LogP) is 4.98. The van der Waals surface area contributed by atoms with Crippen LogP contribution in [-0.2, 0) is 17.3 Å². The van der Waals surface area contributed by atoms with Gasteiger partial charge in [-0.2, -0.15) is 0 Å². The Morgan fingerprint density at radius 1 is 1.16 bits per heavy atom. The number of hydrogen-bond donors (Lipinski definition) is 0. The topological polar surface area (TPSA) is 97.4 Å². The van der Waals surface area contributed by atoms with Crippen molar-refractivity contribution in [3.63, 3.8) is 0 Å². The predicted molar refractivity (Wildman–Crippen MR) is 142 cm³/mol. The summed E-state index contributed by atoms with van der Waals surface area (Å²) in [5, 5.41) is 7.98. The van der Waals surface area contributed by atoms with Crippen LogP contribution < -0.4 is 4.90 Å². The third-order valence-electron chi connectivity index (χ3n) is 6.82. The summed E-state index contributed by atoms with van der Waals surface area (Å²) in [4.78, 5) is 34.8. The van der Waals surface area contributed by atoms with Crippen LogP contribution in [0.5, 0.6) is 0 Å². The second kappa shape index (κ2) is 8.90. The number of rotatable bonds is 3. The van der Waals surface area contributed by atoms with Crippen LogP contribution in [0.15, 0.2) is 40.9 Å². The standard InChI is InChI=1S/C27H28ClFN6O3/c1-26(2,3)16-12-19(15-7-8-17(28)18(29)11-15)30-20-13-21(38-23(16)20)24(36)35-10-9-34(25(37)27(35,4)5)22-14-33(6)32-31-22/h7-8,11-14H,9-10H2,1-6H3. The summed E-state index contributed by atoms with van der Waals surface area (Å²) in [5.74, 6) is -0.717. The van der Waals surface area contributed by atoms with Crippen molar-refractivity contribution in [1.82, 2.24) is 24.9 Å². The fourth-order valence-corrected chi connectivity index (χ4v) is 4.80. The molecule has 3 aromatic heterocycles. The molecule has 9 nitrogen and oxygen atoms in total. The molecule has 0 bridgehead atoms. The molecule has 0 aliphatic carbocycles. The number of piperazine rings is 1. The zero-order valence-corrected chi connectivity index (χ0v) is 22.8. The zero-order chi connectivity index (χ0) is 27.6. The van der Waals surface area contributed by atoms with Gasteiger partial charge in [0.05, 0.1) is 16.9 Å². The Morgan fingerprint density at radius 2 is 1.89 bits per heavy atom. The summed E-state index contributed by atoms with van der Waals surface area (Å²) in [7, 11) is 1.72. The van der Waals surface area contributed by atoms with Crippen LogP contribution in [0.25, 0.3) is 22.4 Å². The Kier molecular flexibility index (Phi) is 6.05. The molecular formula is C27H28ClFN6O3. The normalized spacial score (nSPS) is 15.9. The quantitative estimate of drug-likeness (QED) is 0.365. The summed E-state index contributed by atoms with van der Waals surface area (Å²) in [6, 6.07) is 7.94. The lowest BCUT2D eigenvalue weighted by Crippen LogP contribution is -2.64. The molecule has 11 heteroatoms. The number of nitrogens with zero attached hydrogens (tertiary/aromatic N) is 6. The monoisotopic (exact) mass is 538 g/mol. The first-order chi connectivity index (χ1) is 17.8. The Bertz CT molecular complexity index is 1590. The maximum Gasteiger partial charge on any atom is 0.290 e. The van der Waals surface area contributed by atoms with Crippen LogP contribution in [0.3, 0.4) is 0 Å². The van der Waals surface area contributed by atoms with Gasteiger partial charge < -0.3 is 9.32 Å². The molecule has 1 fully saturated rings. The van der Waals surface area contributed by atoms with Gasteiger partial charge in [-0.05, 0) is 37.5 Å². The van der Waals surface area contributed by atoms with Crippen LogP contribution >= 0.6 is 11.6 Å². The first-order valence-corrected chi connectivity index (χ1v) is 12.6. The smallest absolute Gasteiger partial charge is 0.290 e. The summed E-state index contributed by atoms with van der Waals surface area (Å²) < 4.78 is 21.8. The molecule has 0 N–H and O–H groups in total. The van der Waals surface area contributed by atoms with E-state index in [0.29, 0.717) is 28.2 Å². The minimum absolute atomic E-state index is 0.0265. The Labute approximate surface area is 224 Å². The second-order valence-electron chi connectivity index (χ2n) is 11.0. The lowest BCUT2D eigenvalue weighted by molar-refractivity contribution is -0.129. The number of benzene rings is 1. The molecule has 0 atom stereocenters. The minimum atomic E-state index is -1.15. The summed E-state index contributed by atoms with van der Waals surface area (Å²) in [6.07, 6.45) is 1.66. The fraction of sp³-hybridized carbons (Fsp3) is 0.370. The van der Waals surface area contributed by atoms with E-state index in [9.17, 15) is 14.0 Å². The zero-order valence-electron chi connectivity index (χ0n) is 22.0. The van der Waals surface area contributed by atoms with Gasteiger partial charge in [0.1, 0.15) is 16.9 Å². The highest BCUT2D eigenvalue weighted by Gasteiger charge is 2.46. The highest BCUT2D eigenvalue weighted by molar-refractivity contribution is 6.30. The minimum Gasteiger partial charge on any atom is -0.449 e. The summed E-state index contributed by atoms with van der Waals surface area (Å²) >= 11 is 5.87. The number of furan rings is 1. The van der Waals surface area contributed by atoms with Gasteiger partial charge in [-0.3, -0.25) is 19.2 Å². The fourth-order valence-electron chi connectivity index (χ4n) is 4.68. The van der Waals surface area contributed by atoms with Crippen molar-refractivity contribution < 1.29 is 18.4 Å². The largest absolute Gasteiger partial charge is 0.449 e. The van der Waals surface area contributed by atoms with Crippen molar-refractivity contribution in [3.8, 4) is 11.3 Å². The highest BCUT2D eigenvalue weighted by atomic mass is 35.5. The highest BCUT2D eigenvalue weighted by Crippen LogP contribution is 2.36. The van der Waals surface area contributed by atoms with Gasteiger partial charge in [-0.25, -0.2) is 9.37 Å². The molecule has 4 heterocycles. The molecule has 2 amide bonds. The van der Waals surface area contributed by atoms with Gasteiger partial charge in [-0.15, -0.1) is 5.10 Å². The number of carbonyl (C=O) groups excluding carboxylic acids is 2. The van der Waals surface area contributed by atoms with E-state index >= 15 is 0 Å². The van der Waals surface area contributed by atoms with Crippen molar-refractivity contribution in [2.75, 3.05) is 18.0 Å². The van der Waals surface area contributed by atoms with E-state index in [4.69, 9.17) is 16.0 Å². The molecule has 38 heavy (non-hydrogen) atoms. The average Bonchev–Trinajstić information content (AvgIpc) is 3.47. The Hall–Kier alpha value is -3.79. The third kappa shape index (κ3) is 4.32. The second-order valence-corrected chi connectivity index (χ2v) is 11.4. The van der Waals surface area contributed by atoms with Crippen LogP contribution in [0, 0.1) is 5.82 Å². The number of carbonyl (C=O) groups is 2. The van der Waals surface area contributed by atoms with E-state index in [-0.39, 0.29) is 35.2 Å². The molecular weight excluding hydrogens is 511 g/mol. The molecule has 1 saturated heterocycles. The van der Waals surface area contributed by atoms with Crippen LogP contribution in [0.1, 0.15) is 50.7 Å².